The summed E-state index contributed by atoms with van der Waals surface area (Å²) >= 11 is 1.04. The van der Waals surface area contributed by atoms with Crippen molar-refractivity contribution in [3.63, 3.8) is 0 Å². The van der Waals surface area contributed by atoms with Crippen LogP contribution in [0.4, 0.5) is 5.69 Å². The monoisotopic (exact) mass is 534 g/mol. The average Bonchev–Trinajstić information content (AvgIpc) is 3.24. The maximum Gasteiger partial charge on any atom is 0.307 e. The highest BCUT2D eigenvalue weighted by Gasteiger charge is 2.49. The zero-order valence-electron chi connectivity index (χ0n) is 21.2. The molecule has 2 amide bonds. The van der Waals surface area contributed by atoms with Crippen molar-refractivity contribution in [3.8, 4) is 17.6 Å². The number of fused-ring (bicyclic) bond motifs is 1. The Kier molecular flexibility index (Phi) is 7.64. The molecule has 2 aromatic rings. The zero-order valence-corrected chi connectivity index (χ0v) is 22.0. The molecular formula is C27H26N4O6S. The number of nitrogens with two attached hydrogens (primary N) is 1. The van der Waals surface area contributed by atoms with Crippen LogP contribution in [-0.4, -0.2) is 49.3 Å². The number of allylic oxidation sites excluding steroid dienone is 1. The minimum Gasteiger partial charge on any atom is -0.497 e. The van der Waals surface area contributed by atoms with Gasteiger partial charge in [-0.2, -0.15) is 5.26 Å². The lowest BCUT2D eigenvalue weighted by Gasteiger charge is -2.32. The van der Waals surface area contributed by atoms with Crippen molar-refractivity contribution in [1.29, 1.82) is 5.26 Å². The number of hydrogen-bond acceptors (Lipinski definition) is 9. The molecule has 0 radical (unpaired) electrons. The molecule has 0 bridgehead atoms. The minimum absolute atomic E-state index is 0.000981. The highest BCUT2D eigenvalue weighted by molar-refractivity contribution is 8.04. The van der Waals surface area contributed by atoms with E-state index in [4.69, 9.17) is 19.9 Å². The van der Waals surface area contributed by atoms with Crippen LogP contribution >= 0.6 is 11.8 Å². The van der Waals surface area contributed by atoms with Crippen molar-refractivity contribution < 1.29 is 28.6 Å². The molecular weight excluding hydrogens is 508 g/mol. The Bertz CT molecular complexity index is 1410. The highest BCUT2D eigenvalue weighted by Crippen LogP contribution is 2.51. The van der Waals surface area contributed by atoms with Gasteiger partial charge in [0.05, 0.1) is 55.9 Å². The minimum atomic E-state index is -0.963. The molecule has 2 aromatic carbocycles. The number of carbonyl (C=O) groups excluding carboxylic acids is 3. The molecule has 10 nitrogen and oxygen atoms in total. The zero-order chi connectivity index (χ0) is 27.6. The molecule has 0 aliphatic carbocycles. The number of esters is 1. The fourth-order valence-corrected chi connectivity index (χ4v) is 5.67. The van der Waals surface area contributed by atoms with E-state index in [1.54, 1.807) is 30.3 Å². The number of aryl methyl sites for hydroxylation is 1. The average molecular weight is 535 g/mol. The lowest BCUT2D eigenvalue weighted by molar-refractivity contribution is -0.142. The summed E-state index contributed by atoms with van der Waals surface area (Å²) in [4.78, 5) is 40.4. The van der Waals surface area contributed by atoms with Gasteiger partial charge in [-0.3, -0.25) is 19.3 Å². The number of carbonyl (C=O) groups is 3. The number of methoxy groups -OCH3 is 3. The lowest BCUT2D eigenvalue weighted by Crippen LogP contribution is -2.39. The normalized spacial score (nSPS) is 18.6. The maximum absolute atomic E-state index is 13.9. The molecule has 0 aromatic heterocycles. The van der Waals surface area contributed by atoms with Crippen LogP contribution in [0.3, 0.4) is 0 Å². The standard InChI is InChI=1S/C27H26N4O6S/c1-14-5-7-15(8-6-14)30-25(33)23-22(17-10-9-16(35-2)11-19(17)36-3)18(13-28)24(29)31-26(34)20(38-27(23)31)12-21(32)37-4/h5-11,20,22H,12,29H2,1-4H3,(H,30,33). The van der Waals surface area contributed by atoms with E-state index in [-0.39, 0.29) is 28.4 Å². The number of anilines is 1. The first-order valence-corrected chi connectivity index (χ1v) is 12.4. The van der Waals surface area contributed by atoms with Crippen molar-refractivity contribution in [2.24, 2.45) is 5.73 Å². The molecule has 1 fully saturated rings. The smallest absolute Gasteiger partial charge is 0.307 e. The molecule has 0 saturated carbocycles. The van der Waals surface area contributed by atoms with E-state index in [2.05, 4.69) is 11.4 Å². The van der Waals surface area contributed by atoms with Crippen LogP contribution in [0.25, 0.3) is 0 Å². The van der Waals surface area contributed by atoms with Crippen molar-refractivity contribution in [2.75, 3.05) is 26.6 Å². The summed E-state index contributed by atoms with van der Waals surface area (Å²) in [5.74, 6) is -1.82. The van der Waals surface area contributed by atoms with Crippen molar-refractivity contribution in [3.05, 3.63) is 75.6 Å². The summed E-state index contributed by atoms with van der Waals surface area (Å²) in [5, 5.41) is 12.4. The number of nitriles is 1. The van der Waals surface area contributed by atoms with Gasteiger partial charge in [0, 0.05) is 17.3 Å². The number of thioether (sulfide) groups is 1. The summed E-state index contributed by atoms with van der Waals surface area (Å²) in [5.41, 5.74) is 8.56. The number of hydrogen-bond donors (Lipinski definition) is 2. The van der Waals surface area contributed by atoms with Crippen LogP contribution in [0, 0.1) is 18.3 Å². The Labute approximate surface area is 224 Å². The van der Waals surface area contributed by atoms with Gasteiger partial charge in [0.1, 0.15) is 22.6 Å². The van der Waals surface area contributed by atoms with Crippen molar-refractivity contribution in [1.82, 2.24) is 4.90 Å². The lowest BCUT2D eigenvalue weighted by atomic mass is 9.82. The predicted molar refractivity (Wildman–Crippen MR) is 141 cm³/mol. The molecule has 2 aliphatic rings. The first kappa shape index (κ1) is 26.6. The molecule has 2 heterocycles. The SMILES string of the molecule is COC(=O)CC1SC2=C(C(=O)Nc3ccc(C)cc3)C(c3ccc(OC)cc3OC)C(C#N)=C(N)N2C1=O. The van der Waals surface area contributed by atoms with Gasteiger partial charge in [-0.1, -0.05) is 35.5 Å². The summed E-state index contributed by atoms with van der Waals surface area (Å²) in [6.07, 6.45) is -0.224. The van der Waals surface area contributed by atoms with Crippen LogP contribution in [0.1, 0.15) is 23.5 Å². The number of rotatable bonds is 7. The third-order valence-corrected chi connectivity index (χ3v) is 7.56. The molecule has 1 saturated heterocycles. The Hall–Kier alpha value is -4.43. The predicted octanol–water partition coefficient (Wildman–Crippen LogP) is 3.16. The fraction of sp³-hybridized carbons (Fsp3) is 0.259. The van der Waals surface area contributed by atoms with Crippen molar-refractivity contribution >= 4 is 35.2 Å². The summed E-state index contributed by atoms with van der Waals surface area (Å²) in [6, 6.07) is 14.3. The Morgan fingerprint density at radius 2 is 1.84 bits per heavy atom. The number of benzene rings is 2. The van der Waals surface area contributed by atoms with E-state index < -0.39 is 29.0 Å². The largest absolute Gasteiger partial charge is 0.497 e. The van der Waals surface area contributed by atoms with Crippen LogP contribution in [0.15, 0.2) is 64.5 Å². The van der Waals surface area contributed by atoms with E-state index in [9.17, 15) is 19.6 Å². The van der Waals surface area contributed by atoms with Crippen LogP contribution in [-0.2, 0) is 19.1 Å². The fourth-order valence-electron chi connectivity index (χ4n) is 4.35. The number of amides is 2. The maximum atomic E-state index is 13.9. The molecule has 2 unspecified atom stereocenters. The van der Waals surface area contributed by atoms with E-state index in [0.29, 0.717) is 22.7 Å². The molecule has 2 aliphatic heterocycles. The summed E-state index contributed by atoms with van der Waals surface area (Å²) in [7, 11) is 4.20. The van der Waals surface area contributed by atoms with E-state index in [0.717, 1.165) is 22.2 Å². The van der Waals surface area contributed by atoms with E-state index >= 15 is 0 Å². The quantitative estimate of drug-likeness (QED) is 0.512. The number of nitrogens with zero attached hydrogens (tertiary/aromatic N) is 2. The molecule has 2 atom stereocenters. The number of ether oxygens (including phenoxy) is 3. The summed E-state index contributed by atoms with van der Waals surface area (Å²) < 4.78 is 15.6. The second-order valence-corrected chi connectivity index (χ2v) is 9.74. The second-order valence-electron chi connectivity index (χ2n) is 8.55. The van der Waals surface area contributed by atoms with E-state index in [1.807, 2.05) is 19.1 Å². The topological polar surface area (TPSA) is 144 Å². The molecule has 4 rings (SSSR count). The third kappa shape index (κ3) is 4.78. The van der Waals surface area contributed by atoms with Crippen LogP contribution in [0.2, 0.25) is 0 Å². The van der Waals surface area contributed by atoms with Gasteiger partial charge in [-0.25, -0.2) is 0 Å². The van der Waals surface area contributed by atoms with Gasteiger partial charge >= 0.3 is 5.97 Å². The molecule has 38 heavy (non-hydrogen) atoms. The Morgan fingerprint density at radius 1 is 1.13 bits per heavy atom. The Morgan fingerprint density at radius 3 is 2.45 bits per heavy atom. The van der Waals surface area contributed by atoms with Gasteiger partial charge in [-0.15, -0.1) is 0 Å². The molecule has 3 N–H and O–H groups in total. The molecule has 11 heteroatoms. The molecule has 196 valence electrons. The van der Waals surface area contributed by atoms with Crippen LogP contribution < -0.4 is 20.5 Å². The van der Waals surface area contributed by atoms with Crippen LogP contribution in [0.5, 0.6) is 11.5 Å². The highest BCUT2D eigenvalue weighted by atomic mass is 32.2. The van der Waals surface area contributed by atoms with Gasteiger partial charge in [0.2, 0.25) is 5.91 Å². The van der Waals surface area contributed by atoms with Gasteiger partial charge in [-0.05, 0) is 25.1 Å². The van der Waals surface area contributed by atoms with Gasteiger partial charge in [0.15, 0.2) is 0 Å². The number of nitrogens with one attached hydrogen (secondary N) is 1. The first-order valence-electron chi connectivity index (χ1n) is 11.5. The van der Waals surface area contributed by atoms with Crippen molar-refractivity contribution in [2.45, 2.75) is 24.5 Å². The third-order valence-electron chi connectivity index (χ3n) is 6.28. The van der Waals surface area contributed by atoms with Gasteiger partial charge < -0.3 is 25.3 Å². The summed E-state index contributed by atoms with van der Waals surface area (Å²) in [6.45, 7) is 1.93. The first-order chi connectivity index (χ1) is 18.2. The second kappa shape index (κ2) is 10.9. The van der Waals surface area contributed by atoms with Gasteiger partial charge in [0.25, 0.3) is 5.91 Å². The molecule has 0 spiro atoms. The Balaban J connectivity index is 1.92. The van der Waals surface area contributed by atoms with E-state index in [1.165, 1.54) is 21.3 Å².